The lowest BCUT2D eigenvalue weighted by molar-refractivity contribution is -0.105. The lowest BCUT2D eigenvalue weighted by atomic mass is 10.0. The minimum atomic E-state index is 0.579. The molecule has 0 radical (unpaired) electrons. The van der Waals surface area contributed by atoms with Crippen molar-refractivity contribution in [3.8, 4) is 0 Å². The molecule has 0 atom stereocenters. The van der Waals surface area contributed by atoms with Crippen LogP contribution in [0, 0.1) is 11.8 Å². The van der Waals surface area contributed by atoms with Crippen LogP contribution in [0.2, 0.25) is 0 Å². The van der Waals surface area contributed by atoms with E-state index in [0.29, 0.717) is 5.92 Å². The number of rotatable bonds is 6. The maximum absolute atomic E-state index is 10.6. The van der Waals surface area contributed by atoms with E-state index in [1.807, 2.05) is 0 Å². The van der Waals surface area contributed by atoms with Crippen molar-refractivity contribution < 1.29 is 4.79 Å². The van der Waals surface area contributed by atoms with E-state index >= 15 is 0 Å². The molecule has 1 heteroatoms. The number of carbonyl (C=O) groups is 1. The van der Waals surface area contributed by atoms with E-state index in [9.17, 15) is 4.79 Å². The van der Waals surface area contributed by atoms with E-state index in [4.69, 9.17) is 0 Å². The van der Waals surface area contributed by atoms with Gasteiger partial charge in [0, 0.05) is 0 Å². The molecule has 0 N–H and O–H groups in total. The van der Waals surface area contributed by atoms with E-state index in [1.54, 1.807) is 0 Å². The van der Waals surface area contributed by atoms with E-state index in [-0.39, 0.29) is 0 Å². The molecule has 0 aromatic rings. The third-order valence-corrected chi connectivity index (χ3v) is 1.95. The van der Waals surface area contributed by atoms with Crippen LogP contribution in [0.15, 0.2) is 11.6 Å². The predicted molar refractivity (Wildman–Crippen MR) is 57.7 cm³/mol. The summed E-state index contributed by atoms with van der Waals surface area (Å²) in [6.07, 6.45) is 6.23. The second kappa shape index (κ2) is 6.88. The van der Waals surface area contributed by atoms with Gasteiger partial charge in [-0.15, -0.1) is 0 Å². The molecule has 0 aromatic heterocycles. The Morgan fingerprint density at radius 2 is 1.77 bits per heavy atom. The van der Waals surface area contributed by atoms with Crippen LogP contribution in [0.4, 0.5) is 0 Å². The van der Waals surface area contributed by atoms with Gasteiger partial charge in [-0.1, -0.05) is 33.8 Å². The predicted octanol–water partition coefficient (Wildman–Crippen LogP) is 3.59. The van der Waals surface area contributed by atoms with Gasteiger partial charge in [-0.25, -0.2) is 0 Å². The molecular weight excluding hydrogens is 160 g/mol. The van der Waals surface area contributed by atoms with Crippen LogP contribution in [-0.4, -0.2) is 6.29 Å². The summed E-state index contributed by atoms with van der Waals surface area (Å²) in [5.74, 6) is 1.30. The molecule has 0 aliphatic rings. The fourth-order valence-electron chi connectivity index (χ4n) is 1.25. The van der Waals surface area contributed by atoms with Crippen molar-refractivity contribution in [2.24, 2.45) is 11.8 Å². The molecule has 0 aliphatic heterocycles. The quantitative estimate of drug-likeness (QED) is 0.453. The van der Waals surface area contributed by atoms with E-state index in [1.165, 1.54) is 6.42 Å². The van der Waals surface area contributed by atoms with Crippen molar-refractivity contribution in [3.05, 3.63) is 11.6 Å². The Kier molecular flexibility index (Phi) is 6.56. The molecular formula is C12H22O. The zero-order chi connectivity index (χ0) is 10.3. The summed E-state index contributed by atoms with van der Waals surface area (Å²) in [5.41, 5.74) is 0.968. The second-order valence-corrected chi connectivity index (χ2v) is 4.47. The molecule has 0 bridgehead atoms. The monoisotopic (exact) mass is 182 g/mol. The van der Waals surface area contributed by atoms with Crippen molar-refractivity contribution in [1.82, 2.24) is 0 Å². The lowest BCUT2D eigenvalue weighted by Crippen LogP contribution is -1.93. The molecule has 1 nitrogen and oxygen atoms in total. The Labute approximate surface area is 82.2 Å². The smallest absolute Gasteiger partial charge is 0.145 e. The van der Waals surface area contributed by atoms with E-state index in [2.05, 4.69) is 33.8 Å². The van der Waals surface area contributed by atoms with Crippen LogP contribution < -0.4 is 0 Å². The summed E-state index contributed by atoms with van der Waals surface area (Å²) in [5, 5.41) is 0. The molecule has 0 heterocycles. The molecule has 0 aliphatic carbocycles. The Morgan fingerprint density at radius 3 is 2.15 bits per heavy atom. The molecule has 0 rings (SSSR count). The summed E-state index contributed by atoms with van der Waals surface area (Å²) < 4.78 is 0. The van der Waals surface area contributed by atoms with Gasteiger partial charge in [-0.2, -0.15) is 0 Å². The summed E-state index contributed by atoms with van der Waals surface area (Å²) in [6, 6.07) is 0. The largest absolute Gasteiger partial charge is 0.298 e. The number of hydrogen-bond acceptors (Lipinski definition) is 1. The number of aldehydes is 1. The van der Waals surface area contributed by atoms with E-state index in [0.717, 1.165) is 30.6 Å². The van der Waals surface area contributed by atoms with Crippen LogP contribution in [-0.2, 0) is 4.79 Å². The van der Waals surface area contributed by atoms with Crippen LogP contribution in [0.25, 0.3) is 0 Å². The van der Waals surface area contributed by atoms with Crippen molar-refractivity contribution in [2.45, 2.75) is 47.0 Å². The van der Waals surface area contributed by atoms with Crippen molar-refractivity contribution in [2.75, 3.05) is 0 Å². The molecule has 76 valence electrons. The van der Waals surface area contributed by atoms with Crippen LogP contribution in [0.1, 0.15) is 47.0 Å². The highest BCUT2D eigenvalue weighted by Crippen LogP contribution is 2.11. The fraction of sp³-hybridized carbons (Fsp3) is 0.750. The first-order valence-corrected chi connectivity index (χ1v) is 5.20. The minimum Gasteiger partial charge on any atom is -0.298 e. The third kappa shape index (κ3) is 7.76. The molecule has 13 heavy (non-hydrogen) atoms. The summed E-state index contributed by atoms with van der Waals surface area (Å²) in [6.45, 7) is 8.69. The maximum atomic E-state index is 10.6. The average molecular weight is 182 g/mol. The molecule has 0 aromatic carbocycles. The summed E-state index contributed by atoms with van der Waals surface area (Å²) >= 11 is 0. The lowest BCUT2D eigenvalue weighted by Gasteiger charge is -2.04. The molecule has 0 amide bonds. The molecule has 0 saturated carbocycles. The van der Waals surface area contributed by atoms with E-state index < -0.39 is 0 Å². The molecule has 0 saturated heterocycles. The highest BCUT2D eigenvalue weighted by atomic mass is 16.1. The first-order chi connectivity index (χ1) is 6.06. The number of allylic oxidation sites excluding steroid dienone is 2. The standard InChI is InChI=1S/C12H22O/c1-10(2)6-5-7-12(9-13)8-11(3)4/h7,9-11H,5-6,8H2,1-4H3/b12-7-. The van der Waals surface area contributed by atoms with Gasteiger partial charge >= 0.3 is 0 Å². The summed E-state index contributed by atoms with van der Waals surface area (Å²) in [4.78, 5) is 10.6. The molecule has 0 unspecified atom stereocenters. The van der Waals surface area contributed by atoms with Gasteiger partial charge < -0.3 is 0 Å². The highest BCUT2D eigenvalue weighted by molar-refractivity contribution is 5.72. The van der Waals surface area contributed by atoms with Crippen LogP contribution in [0.3, 0.4) is 0 Å². The van der Waals surface area contributed by atoms with Crippen LogP contribution >= 0.6 is 0 Å². The topological polar surface area (TPSA) is 17.1 Å². The molecule has 0 fully saturated rings. The van der Waals surface area contributed by atoms with Gasteiger partial charge in [0.05, 0.1) is 0 Å². The Morgan fingerprint density at radius 1 is 1.15 bits per heavy atom. The zero-order valence-corrected chi connectivity index (χ0v) is 9.34. The first-order valence-electron chi connectivity index (χ1n) is 5.20. The Bertz CT molecular complexity index is 166. The summed E-state index contributed by atoms with van der Waals surface area (Å²) in [7, 11) is 0. The van der Waals surface area contributed by atoms with Gasteiger partial charge in [-0.05, 0) is 36.7 Å². The van der Waals surface area contributed by atoms with Gasteiger partial charge in [-0.3, -0.25) is 4.79 Å². The van der Waals surface area contributed by atoms with Crippen molar-refractivity contribution in [1.29, 1.82) is 0 Å². The van der Waals surface area contributed by atoms with Gasteiger partial charge in [0.15, 0.2) is 0 Å². The first kappa shape index (κ1) is 12.4. The third-order valence-electron chi connectivity index (χ3n) is 1.95. The highest BCUT2D eigenvalue weighted by Gasteiger charge is 1.99. The maximum Gasteiger partial charge on any atom is 0.145 e. The van der Waals surface area contributed by atoms with Gasteiger partial charge in [0.25, 0.3) is 0 Å². The number of carbonyl (C=O) groups excluding carboxylic acids is 1. The normalized spacial score (nSPS) is 12.6. The fourth-order valence-corrected chi connectivity index (χ4v) is 1.25. The van der Waals surface area contributed by atoms with Crippen molar-refractivity contribution in [3.63, 3.8) is 0 Å². The molecule has 0 spiro atoms. The average Bonchev–Trinajstić information content (AvgIpc) is 2.01. The Balaban J connectivity index is 3.85. The number of hydrogen-bond donors (Lipinski definition) is 0. The SMILES string of the molecule is CC(C)CC/C=C(\C=O)CC(C)C. The second-order valence-electron chi connectivity index (χ2n) is 4.47. The van der Waals surface area contributed by atoms with Gasteiger partial charge in [0.2, 0.25) is 0 Å². The Hall–Kier alpha value is -0.590. The minimum absolute atomic E-state index is 0.579. The zero-order valence-electron chi connectivity index (χ0n) is 9.34. The van der Waals surface area contributed by atoms with Gasteiger partial charge in [0.1, 0.15) is 6.29 Å². The van der Waals surface area contributed by atoms with Crippen LogP contribution in [0.5, 0.6) is 0 Å². The van der Waals surface area contributed by atoms with Crippen molar-refractivity contribution >= 4 is 6.29 Å².